The predicted molar refractivity (Wildman–Crippen MR) is 66.0 cm³/mol. The maximum Gasteiger partial charge on any atom is 0.0305 e. The molecule has 0 saturated heterocycles. The van der Waals surface area contributed by atoms with Gasteiger partial charge in [-0.05, 0) is 30.7 Å². The number of nitrogens with two attached hydrogens (primary N) is 1. The number of hydrogen-bond donors (Lipinski definition) is 2. The number of rotatable bonds is 6. The topological polar surface area (TPSA) is 38.0 Å². The van der Waals surface area contributed by atoms with Crippen molar-refractivity contribution < 1.29 is 0 Å². The van der Waals surface area contributed by atoms with Crippen LogP contribution in [0.4, 0.5) is 0 Å². The summed E-state index contributed by atoms with van der Waals surface area (Å²) in [6, 6.07) is 4.27. The molecule has 0 bridgehead atoms. The summed E-state index contributed by atoms with van der Waals surface area (Å²) in [4.78, 5) is 1.39. The van der Waals surface area contributed by atoms with Crippen LogP contribution >= 0.6 is 11.3 Å². The summed E-state index contributed by atoms with van der Waals surface area (Å²) in [6.07, 6.45) is 4.03. The highest BCUT2D eigenvalue weighted by Crippen LogP contribution is 2.36. The average Bonchev–Trinajstić information content (AvgIpc) is 2.88. The van der Waals surface area contributed by atoms with Gasteiger partial charge in [-0.15, -0.1) is 11.3 Å². The van der Waals surface area contributed by atoms with E-state index in [-0.39, 0.29) is 5.54 Å². The molecule has 1 atom stereocenters. The molecule has 0 aliphatic heterocycles. The molecule has 1 aliphatic rings. The van der Waals surface area contributed by atoms with Crippen LogP contribution in [0, 0.1) is 5.92 Å². The molecular formula is C12H20N2S. The smallest absolute Gasteiger partial charge is 0.0305 e. The van der Waals surface area contributed by atoms with Crippen molar-refractivity contribution in [1.82, 2.24) is 5.32 Å². The van der Waals surface area contributed by atoms with Crippen molar-refractivity contribution in [3.05, 3.63) is 22.4 Å². The molecule has 0 spiro atoms. The van der Waals surface area contributed by atoms with Crippen molar-refractivity contribution in [2.75, 3.05) is 6.54 Å². The van der Waals surface area contributed by atoms with Crippen LogP contribution in [0.1, 0.15) is 31.1 Å². The molecule has 2 rings (SSSR count). The summed E-state index contributed by atoms with van der Waals surface area (Å²) in [5, 5.41) is 5.73. The van der Waals surface area contributed by atoms with E-state index in [4.69, 9.17) is 5.73 Å². The minimum Gasteiger partial charge on any atom is -0.329 e. The van der Waals surface area contributed by atoms with E-state index in [0.29, 0.717) is 0 Å². The Balaban J connectivity index is 1.83. The monoisotopic (exact) mass is 224 g/mol. The van der Waals surface area contributed by atoms with Crippen LogP contribution in [0.5, 0.6) is 0 Å². The third-order valence-electron chi connectivity index (χ3n) is 3.16. The van der Waals surface area contributed by atoms with E-state index in [2.05, 4.69) is 29.8 Å². The number of thiophene rings is 1. The highest BCUT2D eigenvalue weighted by atomic mass is 32.1. The molecule has 1 aromatic heterocycles. The molecule has 1 heterocycles. The van der Waals surface area contributed by atoms with E-state index in [1.807, 2.05) is 0 Å². The first kappa shape index (κ1) is 11.1. The maximum atomic E-state index is 5.86. The van der Waals surface area contributed by atoms with Gasteiger partial charge in [0.2, 0.25) is 0 Å². The molecule has 84 valence electrons. The highest BCUT2D eigenvalue weighted by Gasteiger charge is 2.31. The summed E-state index contributed by atoms with van der Waals surface area (Å²) in [5.74, 6) is 0.925. The van der Waals surface area contributed by atoms with Gasteiger partial charge in [0.15, 0.2) is 0 Å². The van der Waals surface area contributed by atoms with Gasteiger partial charge in [-0.25, -0.2) is 0 Å². The Morgan fingerprint density at radius 3 is 2.93 bits per heavy atom. The fourth-order valence-corrected chi connectivity index (χ4v) is 2.55. The Labute approximate surface area is 95.9 Å². The second-order valence-corrected chi connectivity index (χ2v) is 5.88. The summed E-state index contributed by atoms with van der Waals surface area (Å²) >= 11 is 1.81. The Kier molecular flexibility index (Phi) is 3.44. The summed E-state index contributed by atoms with van der Waals surface area (Å²) in [7, 11) is 0. The van der Waals surface area contributed by atoms with Crippen molar-refractivity contribution in [2.45, 2.75) is 38.3 Å². The van der Waals surface area contributed by atoms with E-state index < -0.39 is 0 Å². The zero-order valence-corrected chi connectivity index (χ0v) is 10.1. The zero-order valence-electron chi connectivity index (χ0n) is 9.33. The molecule has 1 saturated carbocycles. The molecule has 1 fully saturated rings. The Hall–Kier alpha value is -0.380. The maximum absolute atomic E-state index is 5.86. The molecule has 1 aromatic rings. The first-order valence-corrected chi connectivity index (χ1v) is 6.57. The molecule has 1 aliphatic carbocycles. The van der Waals surface area contributed by atoms with Gasteiger partial charge >= 0.3 is 0 Å². The summed E-state index contributed by atoms with van der Waals surface area (Å²) in [6.45, 7) is 3.94. The van der Waals surface area contributed by atoms with Gasteiger partial charge in [-0.1, -0.05) is 18.9 Å². The third-order valence-corrected chi connectivity index (χ3v) is 4.03. The molecule has 0 amide bonds. The average molecular weight is 224 g/mol. The van der Waals surface area contributed by atoms with Gasteiger partial charge in [0.25, 0.3) is 0 Å². The fraction of sp³-hybridized carbons (Fsp3) is 0.667. The predicted octanol–water partition coefficient (Wildman–Crippen LogP) is 2.36. The summed E-state index contributed by atoms with van der Waals surface area (Å²) < 4.78 is 0. The van der Waals surface area contributed by atoms with Crippen LogP contribution in [0.25, 0.3) is 0 Å². The normalized spacial score (nSPS) is 20.1. The van der Waals surface area contributed by atoms with E-state index in [0.717, 1.165) is 19.0 Å². The lowest BCUT2D eigenvalue weighted by Gasteiger charge is -2.29. The van der Waals surface area contributed by atoms with Gasteiger partial charge in [0.1, 0.15) is 0 Å². The van der Waals surface area contributed by atoms with E-state index in [1.165, 1.54) is 24.1 Å². The second-order valence-electron chi connectivity index (χ2n) is 4.85. The molecule has 3 N–H and O–H groups in total. The lowest BCUT2D eigenvalue weighted by molar-refractivity contribution is 0.322. The van der Waals surface area contributed by atoms with Crippen LogP contribution in [-0.2, 0) is 6.54 Å². The van der Waals surface area contributed by atoms with Crippen molar-refractivity contribution in [3.8, 4) is 0 Å². The van der Waals surface area contributed by atoms with Crippen molar-refractivity contribution in [3.63, 3.8) is 0 Å². The first-order chi connectivity index (χ1) is 7.22. The number of hydrogen-bond acceptors (Lipinski definition) is 3. The van der Waals surface area contributed by atoms with Gasteiger partial charge in [0.05, 0.1) is 0 Å². The largest absolute Gasteiger partial charge is 0.329 e. The van der Waals surface area contributed by atoms with Crippen molar-refractivity contribution in [2.24, 2.45) is 11.7 Å². The van der Waals surface area contributed by atoms with Gasteiger partial charge in [-0.2, -0.15) is 0 Å². The van der Waals surface area contributed by atoms with Crippen molar-refractivity contribution in [1.29, 1.82) is 0 Å². The molecule has 1 unspecified atom stereocenters. The van der Waals surface area contributed by atoms with E-state index >= 15 is 0 Å². The van der Waals surface area contributed by atoms with E-state index in [9.17, 15) is 0 Å². The fourth-order valence-electron chi connectivity index (χ4n) is 1.90. The minimum absolute atomic E-state index is 0.130. The first-order valence-electron chi connectivity index (χ1n) is 5.69. The third kappa shape index (κ3) is 3.30. The summed E-state index contributed by atoms with van der Waals surface area (Å²) in [5.41, 5.74) is 5.99. The van der Waals surface area contributed by atoms with Crippen molar-refractivity contribution >= 4 is 11.3 Å². The lowest BCUT2D eigenvalue weighted by atomic mass is 9.95. The van der Waals surface area contributed by atoms with Gasteiger partial charge < -0.3 is 11.1 Å². The van der Waals surface area contributed by atoms with Crippen LogP contribution in [-0.4, -0.2) is 12.1 Å². The van der Waals surface area contributed by atoms with Gasteiger partial charge in [-0.3, -0.25) is 0 Å². The van der Waals surface area contributed by atoms with Crippen LogP contribution in [0.15, 0.2) is 17.5 Å². The van der Waals surface area contributed by atoms with Gasteiger partial charge in [0, 0.05) is 23.5 Å². The van der Waals surface area contributed by atoms with Crippen LogP contribution in [0.2, 0.25) is 0 Å². The highest BCUT2D eigenvalue weighted by molar-refractivity contribution is 7.09. The minimum atomic E-state index is 0.130. The van der Waals surface area contributed by atoms with Crippen LogP contribution in [0.3, 0.4) is 0 Å². The molecular weight excluding hydrogens is 204 g/mol. The number of nitrogens with one attached hydrogen (secondary N) is 1. The standard InChI is InChI=1S/C12H20N2S/c1-12(9-13,7-10-4-5-10)14-8-11-3-2-6-15-11/h2-3,6,10,14H,4-5,7-9,13H2,1H3. The zero-order chi connectivity index (χ0) is 10.7. The van der Waals surface area contributed by atoms with Crippen LogP contribution < -0.4 is 11.1 Å². The molecule has 3 heteroatoms. The molecule has 0 radical (unpaired) electrons. The molecule has 15 heavy (non-hydrogen) atoms. The second kappa shape index (κ2) is 4.64. The molecule has 0 aromatic carbocycles. The Morgan fingerprint density at radius 1 is 1.60 bits per heavy atom. The quantitative estimate of drug-likeness (QED) is 0.778. The lowest BCUT2D eigenvalue weighted by Crippen LogP contribution is -2.48. The Morgan fingerprint density at radius 2 is 2.40 bits per heavy atom. The molecule has 2 nitrogen and oxygen atoms in total. The Bertz CT molecular complexity index is 293. The SMILES string of the molecule is CC(CN)(CC1CC1)NCc1cccs1. The van der Waals surface area contributed by atoms with E-state index in [1.54, 1.807) is 11.3 Å².